The molecule has 0 amide bonds. The first-order chi connectivity index (χ1) is 6.11. The summed E-state index contributed by atoms with van der Waals surface area (Å²) in [5.74, 6) is -0.679. The van der Waals surface area contributed by atoms with E-state index in [1.165, 1.54) is 19.3 Å². The SMILES string of the molecule is CC(CC(=O)O)N1CC2(CCC2)C1. The van der Waals surface area contributed by atoms with Gasteiger partial charge in [-0.2, -0.15) is 0 Å². The summed E-state index contributed by atoms with van der Waals surface area (Å²) >= 11 is 0. The molecule has 1 atom stereocenters. The molecule has 2 fully saturated rings. The van der Waals surface area contributed by atoms with E-state index in [0.717, 1.165) is 13.1 Å². The van der Waals surface area contributed by atoms with Crippen LogP contribution in [-0.4, -0.2) is 35.1 Å². The molecule has 1 aliphatic carbocycles. The number of hydrogen-bond acceptors (Lipinski definition) is 2. The Kier molecular flexibility index (Phi) is 2.06. The molecular formula is C10H17NO2. The van der Waals surface area contributed by atoms with Crippen LogP contribution in [0.5, 0.6) is 0 Å². The summed E-state index contributed by atoms with van der Waals surface area (Å²) < 4.78 is 0. The van der Waals surface area contributed by atoms with Crippen molar-refractivity contribution in [3.63, 3.8) is 0 Å². The maximum Gasteiger partial charge on any atom is 0.304 e. The minimum atomic E-state index is -0.679. The topological polar surface area (TPSA) is 40.5 Å². The third kappa shape index (κ3) is 1.57. The Balaban J connectivity index is 1.75. The Morgan fingerprint density at radius 1 is 1.54 bits per heavy atom. The number of nitrogens with zero attached hydrogens (tertiary/aromatic N) is 1. The smallest absolute Gasteiger partial charge is 0.304 e. The minimum absolute atomic E-state index is 0.226. The van der Waals surface area contributed by atoms with Crippen LogP contribution in [0.15, 0.2) is 0 Å². The van der Waals surface area contributed by atoms with Crippen molar-refractivity contribution < 1.29 is 9.90 Å². The quantitative estimate of drug-likeness (QED) is 0.717. The second-order valence-electron chi connectivity index (χ2n) is 4.71. The van der Waals surface area contributed by atoms with Gasteiger partial charge < -0.3 is 5.11 Å². The lowest BCUT2D eigenvalue weighted by Gasteiger charge is -2.57. The van der Waals surface area contributed by atoms with Crippen LogP contribution in [0, 0.1) is 5.41 Å². The van der Waals surface area contributed by atoms with Gasteiger partial charge in [-0.3, -0.25) is 9.69 Å². The third-order valence-corrected chi connectivity index (χ3v) is 3.58. The molecular weight excluding hydrogens is 166 g/mol. The van der Waals surface area contributed by atoms with Crippen LogP contribution in [-0.2, 0) is 4.79 Å². The lowest BCUT2D eigenvalue weighted by molar-refractivity contribution is -0.141. The number of likely N-dealkylation sites (tertiary alicyclic amines) is 1. The molecule has 13 heavy (non-hydrogen) atoms. The molecule has 1 spiro atoms. The largest absolute Gasteiger partial charge is 0.481 e. The minimum Gasteiger partial charge on any atom is -0.481 e. The second kappa shape index (κ2) is 2.98. The van der Waals surface area contributed by atoms with E-state index in [9.17, 15) is 4.79 Å². The molecule has 74 valence electrons. The lowest BCUT2D eigenvalue weighted by Crippen LogP contribution is -2.62. The average molecular weight is 183 g/mol. The van der Waals surface area contributed by atoms with Crippen LogP contribution >= 0.6 is 0 Å². The highest BCUT2D eigenvalue weighted by Crippen LogP contribution is 2.48. The van der Waals surface area contributed by atoms with E-state index in [1.807, 2.05) is 6.92 Å². The monoisotopic (exact) mass is 183 g/mol. The summed E-state index contributed by atoms with van der Waals surface area (Å²) in [6.07, 6.45) is 4.39. The molecule has 3 heteroatoms. The van der Waals surface area contributed by atoms with Gasteiger partial charge >= 0.3 is 5.97 Å². The fourth-order valence-electron chi connectivity index (χ4n) is 2.50. The van der Waals surface area contributed by atoms with Crippen LogP contribution in [0.2, 0.25) is 0 Å². The van der Waals surface area contributed by atoms with E-state index in [-0.39, 0.29) is 12.5 Å². The number of rotatable bonds is 3. The molecule has 2 rings (SSSR count). The van der Waals surface area contributed by atoms with Crippen LogP contribution in [0.25, 0.3) is 0 Å². The van der Waals surface area contributed by atoms with E-state index < -0.39 is 5.97 Å². The van der Waals surface area contributed by atoms with Crippen molar-refractivity contribution in [3.05, 3.63) is 0 Å². The molecule has 0 aromatic heterocycles. The summed E-state index contributed by atoms with van der Waals surface area (Å²) in [5, 5.41) is 8.63. The summed E-state index contributed by atoms with van der Waals surface area (Å²) in [5.41, 5.74) is 0.618. The zero-order valence-electron chi connectivity index (χ0n) is 8.12. The van der Waals surface area contributed by atoms with Crippen molar-refractivity contribution >= 4 is 5.97 Å². The summed E-state index contributed by atoms with van der Waals surface area (Å²) in [6, 6.07) is 0.226. The maximum absolute atomic E-state index is 10.5. The second-order valence-corrected chi connectivity index (χ2v) is 4.71. The van der Waals surface area contributed by atoms with Crippen molar-refractivity contribution in [2.75, 3.05) is 13.1 Å². The van der Waals surface area contributed by atoms with Gasteiger partial charge in [-0.1, -0.05) is 6.42 Å². The zero-order chi connectivity index (χ0) is 9.47. The molecule has 1 N–H and O–H groups in total. The lowest BCUT2D eigenvalue weighted by atomic mass is 9.63. The summed E-state index contributed by atoms with van der Waals surface area (Å²) in [7, 11) is 0. The van der Waals surface area contributed by atoms with Crippen molar-refractivity contribution in [1.82, 2.24) is 4.90 Å². The van der Waals surface area contributed by atoms with Crippen molar-refractivity contribution in [2.45, 2.75) is 38.6 Å². The van der Waals surface area contributed by atoms with Gasteiger partial charge in [0.1, 0.15) is 0 Å². The van der Waals surface area contributed by atoms with Crippen LogP contribution in [0.3, 0.4) is 0 Å². The van der Waals surface area contributed by atoms with Gasteiger partial charge in [-0.25, -0.2) is 0 Å². The first-order valence-corrected chi connectivity index (χ1v) is 5.07. The Hall–Kier alpha value is -0.570. The van der Waals surface area contributed by atoms with Gasteiger partial charge in [0.25, 0.3) is 0 Å². The highest BCUT2D eigenvalue weighted by molar-refractivity contribution is 5.67. The van der Waals surface area contributed by atoms with Gasteiger partial charge in [-0.15, -0.1) is 0 Å². The predicted octanol–water partition coefficient (Wildman–Crippen LogP) is 1.34. The third-order valence-electron chi connectivity index (χ3n) is 3.58. The molecule has 2 aliphatic rings. The summed E-state index contributed by atoms with van der Waals surface area (Å²) in [4.78, 5) is 12.8. The van der Waals surface area contributed by atoms with Gasteiger partial charge in [0, 0.05) is 19.1 Å². The number of carboxylic acid groups (broad SMARTS) is 1. The van der Waals surface area contributed by atoms with Crippen LogP contribution in [0.1, 0.15) is 32.6 Å². The molecule has 0 aromatic carbocycles. The normalized spacial score (nSPS) is 27.8. The first kappa shape index (κ1) is 9.00. The predicted molar refractivity (Wildman–Crippen MR) is 49.6 cm³/mol. The molecule has 1 aliphatic heterocycles. The van der Waals surface area contributed by atoms with Gasteiger partial charge in [-0.05, 0) is 25.2 Å². The Labute approximate surface area is 78.7 Å². The Morgan fingerprint density at radius 2 is 2.15 bits per heavy atom. The van der Waals surface area contributed by atoms with Crippen LogP contribution in [0.4, 0.5) is 0 Å². The number of aliphatic carboxylic acids is 1. The van der Waals surface area contributed by atoms with Crippen molar-refractivity contribution in [3.8, 4) is 0 Å². The van der Waals surface area contributed by atoms with Crippen molar-refractivity contribution in [2.24, 2.45) is 5.41 Å². The molecule has 0 bridgehead atoms. The molecule has 3 nitrogen and oxygen atoms in total. The number of carboxylic acids is 1. The van der Waals surface area contributed by atoms with Gasteiger partial charge in [0.2, 0.25) is 0 Å². The molecule has 0 aromatic rings. The molecule has 1 saturated heterocycles. The van der Waals surface area contributed by atoms with Crippen molar-refractivity contribution in [1.29, 1.82) is 0 Å². The Morgan fingerprint density at radius 3 is 2.54 bits per heavy atom. The summed E-state index contributed by atoms with van der Waals surface area (Å²) in [6.45, 7) is 4.29. The fourth-order valence-corrected chi connectivity index (χ4v) is 2.50. The van der Waals surface area contributed by atoms with E-state index in [4.69, 9.17) is 5.11 Å². The maximum atomic E-state index is 10.5. The van der Waals surface area contributed by atoms with Gasteiger partial charge in [0.15, 0.2) is 0 Å². The molecule has 1 heterocycles. The average Bonchev–Trinajstić information content (AvgIpc) is 1.77. The van der Waals surface area contributed by atoms with E-state index >= 15 is 0 Å². The van der Waals surface area contributed by atoms with Crippen LogP contribution < -0.4 is 0 Å². The molecule has 0 radical (unpaired) electrons. The zero-order valence-corrected chi connectivity index (χ0v) is 8.12. The molecule has 1 unspecified atom stereocenters. The standard InChI is InChI=1S/C10H17NO2/c1-8(5-9(12)13)11-6-10(7-11)3-2-4-10/h8H,2-7H2,1H3,(H,12,13). The fraction of sp³-hybridized carbons (Fsp3) is 0.900. The van der Waals surface area contributed by atoms with E-state index in [2.05, 4.69) is 4.90 Å². The van der Waals surface area contributed by atoms with E-state index in [0.29, 0.717) is 5.41 Å². The number of hydrogen-bond donors (Lipinski definition) is 1. The highest BCUT2D eigenvalue weighted by Gasteiger charge is 2.48. The number of carbonyl (C=O) groups is 1. The highest BCUT2D eigenvalue weighted by atomic mass is 16.4. The molecule has 1 saturated carbocycles. The Bertz CT molecular complexity index is 215. The first-order valence-electron chi connectivity index (χ1n) is 5.07. The van der Waals surface area contributed by atoms with E-state index in [1.54, 1.807) is 0 Å². The van der Waals surface area contributed by atoms with Gasteiger partial charge in [0.05, 0.1) is 6.42 Å².